The first kappa shape index (κ1) is 12.7. The van der Waals surface area contributed by atoms with Gasteiger partial charge in [0.1, 0.15) is 6.29 Å². The van der Waals surface area contributed by atoms with Gasteiger partial charge >= 0.3 is 0 Å². The van der Waals surface area contributed by atoms with Gasteiger partial charge in [0.05, 0.1) is 0 Å². The summed E-state index contributed by atoms with van der Waals surface area (Å²) in [5.74, 6) is 0.276. The summed E-state index contributed by atoms with van der Waals surface area (Å²) in [6.07, 6.45) is 2.96. The van der Waals surface area contributed by atoms with Gasteiger partial charge in [-0.25, -0.2) is 0 Å². The van der Waals surface area contributed by atoms with Crippen molar-refractivity contribution in [1.29, 1.82) is 0 Å². The van der Waals surface area contributed by atoms with Crippen LogP contribution in [0.25, 0.3) is 6.08 Å². The number of hydrogen-bond acceptors (Lipinski definition) is 1. The standard InChI is InChI=1S/C15H20O/c1-10(2)15(9-16)8-14-7-12(4)11(3)6-13(14)5/h6-10H,1-5H3. The molecule has 1 nitrogen and oxygen atoms in total. The van der Waals surface area contributed by atoms with Crippen molar-refractivity contribution in [3.8, 4) is 0 Å². The molecule has 0 bridgehead atoms. The first-order valence-electron chi connectivity index (χ1n) is 5.70. The molecular formula is C15H20O. The molecule has 0 radical (unpaired) electrons. The number of hydrogen-bond donors (Lipinski definition) is 0. The van der Waals surface area contributed by atoms with Gasteiger partial charge in [0.2, 0.25) is 0 Å². The second kappa shape index (κ2) is 5.11. The van der Waals surface area contributed by atoms with E-state index in [1.54, 1.807) is 0 Å². The third-order valence-electron chi connectivity index (χ3n) is 3.01. The molecule has 0 fully saturated rings. The Morgan fingerprint density at radius 3 is 2.12 bits per heavy atom. The second-order valence-corrected chi connectivity index (χ2v) is 4.71. The maximum Gasteiger partial charge on any atom is 0.146 e. The molecule has 0 aliphatic carbocycles. The molecule has 1 aromatic carbocycles. The highest BCUT2D eigenvalue weighted by Gasteiger charge is 2.04. The van der Waals surface area contributed by atoms with Crippen molar-refractivity contribution in [3.05, 3.63) is 40.0 Å². The molecule has 1 aromatic rings. The molecule has 16 heavy (non-hydrogen) atoms. The zero-order chi connectivity index (χ0) is 12.3. The van der Waals surface area contributed by atoms with Gasteiger partial charge in [0.15, 0.2) is 0 Å². The zero-order valence-corrected chi connectivity index (χ0v) is 10.8. The molecule has 1 heteroatoms. The summed E-state index contributed by atoms with van der Waals surface area (Å²) in [4.78, 5) is 10.9. The van der Waals surface area contributed by atoms with E-state index in [0.717, 1.165) is 17.4 Å². The zero-order valence-electron chi connectivity index (χ0n) is 10.8. The minimum absolute atomic E-state index is 0.276. The third kappa shape index (κ3) is 2.82. The Labute approximate surface area is 98.2 Å². The maximum absolute atomic E-state index is 10.9. The highest BCUT2D eigenvalue weighted by molar-refractivity contribution is 5.82. The Balaban J connectivity index is 3.24. The predicted molar refractivity (Wildman–Crippen MR) is 69.5 cm³/mol. The van der Waals surface area contributed by atoms with Crippen molar-refractivity contribution in [2.24, 2.45) is 5.92 Å². The average molecular weight is 216 g/mol. The highest BCUT2D eigenvalue weighted by atomic mass is 16.1. The second-order valence-electron chi connectivity index (χ2n) is 4.71. The molecule has 0 aliphatic rings. The Hall–Kier alpha value is -1.37. The fourth-order valence-corrected chi connectivity index (χ4v) is 1.65. The molecule has 0 atom stereocenters. The molecule has 0 heterocycles. The van der Waals surface area contributed by atoms with Crippen LogP contribution >= 0.6 is 0 Å². The summed E-state index contributed by atoms with van der Waals surface area (Å²) in [5.41, 5.74) is 5.80. The van der Waals surface area contributed by atoms with Crippen LogP contribution in [0.1, 0.15) is 36.1 Å². The van der Waals surface area contributed by atoms with Crippen LogP contribution in [-0.4, -0.2) is 6.29 Å². The van der Waals surface area contributed by atoms with E-state index in [-0.39, 0.29) is 5.92 Å². The molecule has 0 N–H and O–H groups in total. The predicted octanol–water partition coefficient (Wildman–Crippen LogP) is 3.85. The van der Waals surface area contributed by atoms with Gasteiger partial charge in [-0.3, -0.25) is 4.79 Å². The summed E-state index contributed by atoms with van der Waals surface area (Å²) < 4.78 is 0. The van der Waals surface area contributed by atoms with Crippen molar-refractivity contribution in [3.63, 3.8) is 0 Å². The van der Waals surface area contributed by atoms with Crippen LogP contribution in [-0.2, 0) is 4.79 Å². The molecule has 86 valence electrons. The molecule has 0 spiro atoms. The van der Waals surface area contributed by atoms with Gasteiger partial charge in [-0.15, -0.1) is 0 Å². The number of aldehydes is 1. The molecule has 0 unspecified atom stereocenters. The number of aryl methyl sites for hydroxylation is 3. The summed E-state index contributed by atoms with van der Waals surface area (Å²) in [7, 11) is 0. The first-order chi connectivity index (χ1) is 7.45. The van der Waals surface area contributed by atoms with Crippen LogP contribution in [0.3, 0.4) is 0 Å². The van der Waals surface area contributed by atoms with E-state index in [4.69, 9.17) is 0 Å². The van der Waals surface area contributed by atoms with Gasteiger partial charge in [-0.05, 0) is 60.6 Å². The third-order valence-corrected chi connectivity index (χ3v) is 3.01. The van der Waals surface area contributed by atoms with Crippen LogP contribution in [0, 0.1) is 26.7 Å². The van der Waals surface area contributed by atoms with Crippen molar-refractivity contribution < 1.29 is 4.79 Å². The van der Waals surface area contributed by atoms with Gasteiger partial charge < -0.3 is 0 Å². The molecule has 0 saturated carbocycles. The van der Waals surface area contributed by atoms with E-state index in [2.05, 4.69) is 32.9 Å². The Kier molecular flexibility index (Phi) is 4.05. The maximum atomic E-state index is 10.9. The number of carbonyl (C=O) groups is 1. The monoisotopic (exact) mass is 216 g/mol. The number of rotatable bonds is 3. The molecule has 0 aliphatic heterocycles. The fourth-order valence-electron chi connectivity index (χ4n) is 1.65. The lowest BCUT2D eigenvalue weighted by Crippen LogP contribution is -1.96. The van der Waals surface area contributed by atoms with E-state index < -0.39 is 0 Å². The van der Waals surface area contributed by atoms with Crippen molar-refractivity contribution >= 4 is 12.4 Å². The topological polar surface area (TPSA) is 17.1 Å². The van der Waals surface area contributed by atoms with Crippen LogP contribution in [0.4, 0.5) is 0 Å². The van der Waals surface area contributed by atoms with Crippen molar-refractivity contribution in [2.45, 2.75) is 34.6 Å². The van der Waals surface area contributed by atoms with E-state index in [1.807, 2.05) is 19.9 Å². The van der Waals surface area contributed by atoms with Crippen molar-refractivity contribution in [2.75, 3.05) is 0 Å². The van der Waals surface area contributed by atoms with Crippen molar-refractivity contribution in [1.82, 2.24) is 0 Å². The minimum Gasteiger partial charge on any atom is -0.298 e. The number of benzene rings is 1. The van der Waals surface area contributed by atoms with E-state index in [1.165, 1.54) is 16.7 Å². The molecule has 0 saturated heterocycles. The smallest absolute Gasteiger partial charge is 0.146 e. The van der Waals surface area contributed by atoms with Gasteiger partial charge in [-0.2, -0.15) is 0 Å². The quantitative estimate of drug-likeness (QED) is 0.554. The summed E-state index contributed by atoms with van der Waals surface area (Å²) in [6, 6.07) is 4.32. The lowest BCUT2D eigenvalue weighted by Gasteiger charge is -2.09. The normalized spacial score (nSPS) is 12.0. The highest BCUT2D eigenvalue weighted by Crippen LogP contribution is 2.19. The summed E-state index contributed by atoms with van der Waals surface area (Å²) in [6.45, 7) is 10.4. The molecule has 0 amide bonds. The molecular weight excluding hydrogens is 196 g/mol. The first-order valence-corrected chi connectivity index (χ1v) is 5.70. The van der Waals surface area contributed by atoms with Crippen LogP contribution in [0.2, 0.25) is 0 Å². The van der Waals surface area contributed by atoms with Crippen LogP contribution in [0.5, 0.6) is 0 Å². The van der Waals surface area contributed by atoms with Gasteiger partial charge in [-0.1, -0.05) is 26.0 Å². The SMILES string of the molecule is Cc1cc(C)c(C=C(C=O)C(C)C)cc1C. The van der Waals surface area contributed by atoms with Gasteiger partial charge in [0, 0.05) is 0 Å². The van der Waals surface area contributed by atoms with E-state index in [0.29, 0.717) is 0 Å². The Morgan fingerprint density at radius 1 is 1.06 bits per heavy atom. The van der Waals surface area contributed by atoms with Crippen LogP contribution < -0.4 is 0 Å². The Bertz CT molecular complexity index is 425. The van der Waals surface area contributed by atoms with E-state index >= 15 is 0 Å². The molecule has 0 aromatic heterocycles. The lowest BCUT2D eigenvalue weighted by atomic mass is 9.96. The largest absolute Gasteiger partial charge is 0.298 e. The van der Waals surface area contributed by atoms with E-state index in [9.17, 15) is 4.79 Å². The number of carbonyl (C=O) groups excluding carboxylic acids is 1. The van der Waals surface area contributed by atoms with Gasteiger partial charge in [0.25, 0.3) is 0 Å². The fraction of sp³-hybridized carbons (Fsp3) is 0.400. The summed E-state index contributed by atoms with van der Waals surface area (Å²) in [5, 5.41) is 0. The van der Waals surface area contributed by atoms with Crippen LogP contribution in [0.15, 0.2) is 17.7 Å². The summed E-state index contributed by atoms with van der Waals surface area (Å²) >= 11 is 0. The average Bonchev–Trinajstić information content (AvgIpc) is 2.21. The molecule has 1 rings (SSSR count). The number of allylic oxidation sites excluding steroid dienone is 1. The lowest BCUT2D eigenvalue weighted by molar-refractivity contribution is -0.105. The Morgan fingerprint density at radius 2 is 1.62 bits per heavy atom. The minimum atomic E-state index is 0.276.